The van der Waals surface area contributed by atoms with E-state index in [1.54, 1.807) is 29.8 Å². The molecule has 1 aromatic carbocycles. The van der Waals surface area contributed by atoms with Crippen molar-refractivity contribution in [2.45, 2.75) is 6.92 Å². The number of hydrogen-bond acceptors (Lipinski definition) is 6. The van der Waals surface area contributed by atoms with Crippen molar-refractivity contribution in [2.75, 3.05) is 0 Å². The van der Waals surface area contributed by atoms with Gasteiger partial charge in [0.2, 0.25) is 5.95 Å². The molecule has 0 radical (unpaired) electrons. The summed E-state index contributed by atoms with van der Waals surface area (Å²) in [6.07, 6.45) is 2.93. The number of pyridine rings is 1. The van der Waals surface area contributed by atoms with E-state index >= 15 is 0 Å². The minimum atomic E-state index is -0.318. The van der Waals surface area contributed by atoms with Gasteiger partial charge in [0.1, 0.15) is 12.2 Å². The van der Waals surface area contributed by atoms with E-state index in [0.717, 1.165) is 0 Å². The molecule has 1 N–H and O–H groups in total. The summed E-state index contributed by atoms with van der Waals surface area (Å²) in [4.78, 5) is 26.2. The third kappa shape index (κ3) is 2.32. The Balaban J connectivity index is 2.00. The minimum Gasteiger partial charge on any atom is -0.268 e. The van der Waals surface area contributed by atoms with Crippen LogP contribution in [0.3, 0.4) is 0 Å². The van der Waals surface area contributed by atoms with E-state index in [1.807, 2.05) is 18.2 Å². The van der Waals surface area contributed by atoms with Gasteiger partial charge in [0.25, 0.3) is 11.3 Å². The summed E-state index contributed by atoms with van der Waals surface area (Å²) in [6, 6.07) is 8.99. The molecule has 0 aliphatic rings. The van der Waals surface area contributed by atoms with Crippen LogP contribution in [0.25, 0.3) is 33.9 Å². The van der Waals surface area contributed by atoms with Gasteiger partial charge in [-0.05, 0) is 19.1 Å². The fourth-order valence-electron chi connectivity index (χ4n) is 3.07. The van der Waals surface area contributed by atoms with Crippen LogP contribution in [0.15, 0.2) is 47.7 Å². The van der Waals surface area contributed by atoms with Crippen LogP contribution < -0.4 is 5.56 Å². The fourth-order valence-corrected chi connectivity index (χ4v) is 3.29. The number of hydrogen-bond donors (Lipinski definition) is 1. The first-order chi connectivity index (χ1) is 13.1. The number of benzene rings is 1. The number of fused-ring (bicyclic) bond motifs is 2. The normalized spacial score (nSPS) is 11.5. The van der Waals surface area contributed by atoms with Gasteiger partial charge in [0.15, 0.2) is 0 Å². The molecule has 0 aliphatic heterocycles. The maximum atomic E-state index is 13.3. The standard InChI is InChI=1S/C17H11ClN8O/c1-9-21-17-22-12-6-7-25(16-19-8-20-23-16)15(27)13(12)14(26(17)24-9)10-4-2-3-5-11(10)18/h2-8H,1H3,(H,19,20,23). The number of aromatic amines is 1. The van der Waals surface area contributed by atoms with Crippen LogP contribution in [0.5, 0.6) is 0 Å². The molecular weight excluding hydrogens is 368 g/mol. The van der Waals surface area contributed by atoms with Crippen LogP contribution in [0.2, 0.25) is 5.02 Å². The van der Waals surface area contributed by atoms with Gasteiger partial charge in [-0.2, -0.15) is 19.6 Å². The van der Waals surface area contributed by atoms with E-state index < -0.39 is 0 Å². The quantitative estimate of drug-likeness (QED) is 0.504. The van der Waals surface area contributed by atoms with Crippen LogP contribution in [-0.2, 0) is 0 Å². The SMILES string of the molecule is Cc1nc2nc3ccn(-c4ncn[nH]4)c(=O)c3c(-c3ccccc3Cl)n2n1. The number of halogens is 1. The minimum absolute atomic E-state index is 0.307. The second kappa shape index (κ2) is 5.71. The van der Waals surface area contributed by atoms with Gasteiger partial charge >= 0.3 is 0 Å². The van der Waals surface area contributed by atoms with Gasteiger partial charge in [-0.3, -0.25) is 9.36 Å². The molecule has 27 heavy (non-hydrogen) atoms. The Hall–Kier alpha value is -3.59. The molecule has 10 heteroatoms. The maximum Gasteiger partial charge on any atom is 0.269 e. The number of rotatable bonds is 2. The van der Waals surface area contributed by atoms with E-state index in [1.165, 1.54) is 10.9 Å². The molecule has 0 atom stereocenters. The first-order valence-electron chi connectivity index (χ1n) is 8.03. The largest absolute Gasteiger partial charge is 0.269 e. The third-order valence-electron chi connectivity index (χ3n) is 4.19. The van der Waals surface area contributed by atoms with Crippen LogP contribution in [-0.4, -0.2) is 39.3 Å². The highest BCUT2D eigenvalue weighted by atomic mass is 35.5. The second-order valence-electron chi connectivity index (χ2n) is 5.87. The molecule has 0 saturated carbocycles. The van der Waals surface area contributed by atoms with Crippen LogP contribution in [0.4, 0.5) is 0 Å². The monoisotopic (exact) mass is 378 g/mol. The second-order valence-corrected chi connectivity index (χ2v) is 6.28. The number of nitrogens with one attached hydrogen (secondary N) is 1. The first-order valence-corrected chi connectivity index (χ1v) is 8.40. The lowest BCUT2D eigenvalue weighted by Gasteiger charge is -2.11. The Morgan fingerprint density at radius 3 is 2.78 bits per heavy atom. The summed E-state index contributed by atoms with van der Waals surface area (Å²) in [5.74, 6) is 1.25. The molecule has 5 aromatic rings. The van der Waals surface area contributed by atoms with Gasteiger partial charge in [-0.1, -0.05) is 29.8 Å². The predicted octanol–water partition coefficient (Wildman–Crippen LogP) is 2.18. The summed E-state index contributed by atoms with van der Waals surface area (Å²) in [6.45, 7) is 1.77. The van der Waals surface area contributed by atoms with Gasteiger partial charge < -0.3 is 0 Å². The highest BCUT2D eigenvalue weighted by Gasteiger charge is 2.20. The van der Waals surface area contributed by atoms with Crippen molar-refractivity contribution in [3.05, 3.63) is 64.1 Å². The summed E-state index contributed by atoms with van der Waals surface area (Å²) in [5, 5.41) is 11.8. The van der Waals surface area contributed by atoms with E-state index in [-0.39, 0.29) is 5.56 Å². The molecule has 0 aliphatic carbocycles. The van der Waals surface area contributed by atoms with Gasteiger partial charge in [0.05, 0.1) is 16.6 Å². The molecule has 4 aromatic heterocycles. The van der Waals surface area contributed by atoms with Crippen molar-refractivity contribution < 1.29 is 0 Å². The average molecular weight is 379 g/mol. The van der Waals surface area contributed by atoms with Crippen molar-refractivity contribution in [1.29, 1.82) is 0 Å². The van der Waals surface area contributed by atoms with E-state index in [9.17, 15) is 4.79 Å². The number of nitrogens with zero attached hydrogens (tertiary/aromatic N) is 7. The maximum absolute atomic E-state index is 13.3. The van der Waals surface area contributed by atoms with Gasteiger partial charge in [-0.15, -0.1) is 5.10 Å². The number of aryl methyl sites for hydroxylation is 1. The zero-order chi connectivity index (χ0) is 18.5. The highest BCUT2D eigenvalue weighted by Crippen LogP contribution is 2.31. The lowest BCUT2D eigenvalue weighted by molar-refractivity contribution is 0.893. The van der Waals surface area contributed by atoms with E-state index in [4.69, 9.17) is 11.6 Å². The fraction of sp³-hybridized carbons (Fsp3) is 0.0588. The number of H-pyrrole nitrogens is 1. The number of aromatic nitrogens is 8. The van der Waals surface area contributed by atoms with Crippen molar-refractivity contribution in [3.8, 4) is 17.2 Å². The Bertz CT molecular complexity index is 1370. The first kappa shape index (κ1) is 15.6. The topological polar surface area (TPSA) is 107 Å². The molecular formula is C17H11ClN8O. The summed E-state index contributed by atoms with van der Waals surface area (Å²) in [7, 11) is 0. The molecule has 0 saturated heterocycles. The Kier molecular flexibility index (Phi) is 3.31. The Morgan fingerprint density at radius 1 is 1.15 bits per heavy atom. The zero-order valence-electron chi connectivity index (χ0n) is 14.0. The molecule has 4 heterocycles. The van der Waals surface area contributed by atoms with Gasteiger partial charge in [-0.25, -0.2) is 10.1 Å². The molecule has 0 unspecified atom stereocenters. The van der Waals surface area contributed by atoms with E-state index in [2.05, 4.69) is 30.2 Å². The van der Waals surface area contributed by atoms with Crippen molar-refractivity contribution in [1.82, 2.24) is 39.3 Å². The lowest BCUT2D eigenvalue weighted by atomic mass is 10.1. The molecule has 0 amide bonds. The summed E-state index contributed by atoms with van der Waals surface area (Å²) < 4.78 is 2.91. The zero-order valence-corrected chi connectivity index (χ0v) is 14.7. The smallest absolute Gasteiger partial charge is 0.268 e. The van der Waals surface area contributed by atoms with Crippen LogP contribution >= 0.6 is 11.6 Å². The van der Waals surface area contributed by atoms with E-state index in [0.29, 0.717) is 44.7 Å². The van der Waals surface area contributed by atoms with Gasteiger partial charge in [0, 0.05) is 16.8 Å². The predicted molar refractivity (Wildman–Crippen MR) is 99.0 cm³/mol. The average Bonchev–Trinajstić information content (AvgIpc) is 3.30. The molecule has 0 bridgehead atoms. The van der Waals surface area contributed by atoms with Crippen LogP contribution in [0, 0.1) is 6.92 Å². The van der Waals surface area contributed by atoms with Crippen molar-refractivity contribution in [3.63, 3.8) is 0 Å². The summed E-state index contributed by atoms with van der Waals surface area (Å²) >= 11 is 6.44. The Labute approximate surface area is 156 Å². The molecule has 132 valence electrons. The van der Waals surface area contributed by atoms with Crippen molar-refractivity contribution in [2.24, 2.45) is 0 Å². The Morgan fingerprint density at radius 2 is 2.00 bits per heavy atom. The van der Waals surface area contributed by atoms with Crippen LogP contribution in [0.1, 0.15) is 5.82 Å². The summed E-state index contributed by atoms with van der Waals surface area (Å²) in [5.41, 5.74) is 1.36. The third-order valence-corrected chi connectivity index (χ3v) is 4.52. The molecule has 5 rings (SSSR count). The molecule has 9 nitrogen and oxygen atoms in total. The lowest BCUT2D eigenvalue weighted by Crippen LogP contribution is -2.21. The highest BCUT2D eigenvalue weighted by molar-refractivity contribution is 6.33. The molecule has 0 spiro atoms. The molecule has 0 fully saturated rings. The van der Waals surface area contributed by atoms with Crippen molar-refractivity contribution >= 4 is 28.3 Å².